The number of phenols is 1. The Balaban J connectivity index is 2.54. The minimum atomic E-state index is -0.771. The van der Waals surface area contributed by atoms with E-state index in [-0.39, 0.29) is 5.75 Å². The average molecular weight is 212 g/mol. The molecule has 0 spiro atoms. The van der Waals surface area contributed by atoms with Crippen molar-refractivity contribution >= 4 is 5.69 Å². The van der Waals surface area contributed by atoms with Crippen molar-refractivity contribution in [2.75, 3.05) is 5.73 Å². The highest BCUT2D eigenvalue weighted by Gasteiger charge is 2.31. The van der Waals surface area contributed by atoms with Crippen molar-refractivity contribution in [2.45, 2.75) is 11.8 Å². The van der Waals surface area contributed by atoms with Crippen LogP contribution in [0, 0.1) is 11.3 Å². The van der Waals surface area contributed by atoms with Crippen LogP contribution in [-0.4, -0.2) is 5.11 Å². The zero-order valence-electron chi connectivity index (χ0n) is 8.72. The molecule has 0 bridgehead atoms. The highest BCUT2D eigenvalue weighted by molar-refractivity contribution is 5.55. The van der Waals surface area contributed by atoms with Crippen molar-refractivity contribution in [1.29, 1.82) is 5.26 Å². The second-order valence-electron chi connectivity index (χ2n) is 3.85. The molecule has 80 valence electrons. The molecule has 0 heterocycles. The molecule has 0 fully saturated rings. The maximum absolute atomic E-state index is 9.85. The number of allylic oxidation sites excluding steroid dienone is 4. The summed E-state index contributed by atoms with van der Waals surface area (Å²) >= 11 is 0. The fourth-order valence-corrected chi connectivity index (χ4v) is 1.89. The maximum Gasteiger partial charge on any atom is 0.122 e. The molecule has 0 aliphatic heterocycles. The number of nitrogens with zero attached hydrogens (tertiary/aromatic N) is 1. The van der Waals surface area contributed by atoms with Crippen LogP contribution in [0.25, 0.3) is 0 Å². The Morgan fingerprint density at radius 1 is 1.38 bits per heavy atom. The SMILES string of the molecule is N#CC1(c2ccc(N)cc2O)C=CC=CC1. The fraction of sp³-hybridized carbons (Fsp3) is 0.154. The Morgan fingerprint density at radius 3 is 2.75 bits per heavy atom. The topological polar surface area (TPSA) is 70.0 Å². The number of anilines is 1. The molecule has 0 aromatic heterocycles. The first-order valence-electron chi connectivity index (χ1n) is 5.02. The Bertz CT molecular complexity index is 511. The first-order valence-corrected chi connectivity index (χ1v) is 5.02. The predicted octanol–water partition coefficient (Wildman–Crippen LogP) is 2.25. The van der Waals surface area contributed by atoms with E-state index < -0.39 is 5.41 Å². The van der Waals surface area contributed by atoms with E-state index in [1.807, 2.05) is 18.2 Å². The number of nitriles is 1. The maximum atomic E-state index is 9.85. The lowest BCUT2D eigenvalue weighted by Crippen LogP contribution is -2.21. The van der Waals surface area contributed by atoms with Gasteiger partial charge in [0.05, 0.1) is 6.07 Å². The van der Waals surface area contributed by atoms with Gasteiger partial charge in [-0.3, -0.25) is 0 Å². The number of nitrogens with two attached hydrogens (primary N) is 1. The van der Waals surface area contributed by atoms with Gasteiger partial charge in [0.25, 0.3) is 0 Å². The molecular formula is C13H12N2O. The van der Waals surface area contributed by atoms with Gasteiger partial charge in [0, 0.05) is 17.3 Å². The van der Waals surface area contributed by atoms with E-state index >= 15 is 0 Å². The molecule has 3 nitrogen and oxygen atoms in total. The Hall–Kier alpha value is -2.21. The molecular weight excluding hydrogens is 200 g/mol. The summed E-state index contributed by atoms with van der Waals surface area (Å²) in [5, 5.41) is 19.2. The Morgan fingerprint density at radius 2 is 2.19 bits per heavy atom. The van der Waals surface area contributed by atoms with Crippen LogP contribution in [0.15, 0.2) is 42.5 Å². The summed E-state index contributed by atoms with van der Waals surface area (Å²) in [5.41, 5.74) is 5.89. The largest absolute Gasteiger partial charge is 0.508 e. The minimum Gasteiger partial charge on any atom is -0.508 e. The zero-order valence-corrected chi connectivity index (χ0v) is 8.72. The standard InChI is InChI=1S/C13H12N2O/c14-9-13(6-2-1-3-7-13)11-5-4-10(15)8-12(11)16/h1-6,8,16H,7,15H2. The predicted molar refractivity (Wildman–Crippen MR) is 62.7 cm³/mol. The van der Waals surface area contributed by atoms with Crippen molar-refractivity contribution < 1.29 is 5.11 Å². The van der Waals surface area contributed by atoms with E-state index in [1.54, 1.807) is 18.2 Å². The lowest BCUT2D eigenvalue weighted by molar-refractivity contribution is 0.458. The van der Waals surface area contributed by atoms with Crippen LogP contribution in [0.2, 0.25) is 0 Å². The van der Waals surface area contributed by atoms with Gasteiger partial charge in [0.1, 0.15) is 11.2 Å². The van der Waals surface area contributed by atoms with E-state index in [9.17, 15) is 10.4 Å². The number of hydrogen-bond donors (Lipinski definition) is 2. The number of aromatic hydroxyl groups is 1. The van der Waals surface area contributed by atoms with E-state index in [0.29, 0.717) is 17.7 Å². The summed E-state index contributed by atoms with van der Waals surface area (Å²) in [6, 6.07) is 7.13. The molecule has 1 aliphatic rings. The second-order valence-corrected chi connectivity index (χ2v) is 3.85. The summed E-state index contributed by atoms with van der Waals surface area (Å²) in [6.45, 7) is 0. The van der Waals surface area contributed by atoms with Gasteiger partial charge in [0.2, 0.25) is 0 Å². The number of benzene rings is 1. The van der Waals surface area contributed by atoms with Gasteiger partial charge >= 0.3 is 0 Å². The highest BCUT2D eigenvalue weighted by Crippen LogP contribution is 2.37. The van der Waals surface area contributed by atoms with E-state index in [1.165, 1.54) is 6.07 Å². The molecule has 1 aliphatic carbocycles. The molecule has 1 aromatic rings. The lowest BCUT2D eigenvalue weighted by Gasteiger charge is -2.24. The monoisotopic (exact) mass is 212 g/mol. The molecule has 0 saturated carbocycles. The highest BCUT2D eigenvalue weighted by atomic mass is 16.3. The molecule has 1 aromatic carbocycles. The molecule has 3 heteroatoms. The van der Waals surface area contributed by atoms with Crippen molar-refractivity contribution in [2.24, 2.45) is 0 Å². The number of rotatable bonds is 1. The quantitative estimate of drug-likeness (QED) is 0.701. The molecule has 0 amide bonds. The van der Waals surface area contributed by atoms with Gasteiger partial charge in [-0.15, -0.1) is 0 Å². The van der Waals surface area contributed by atoms with E-state index in [4.69, 9.17) is 5.73 Å². The molecule has 1 unspecified atom stereocenters. The third-order valence-corrected chi connectivity index (χ3v) is 2.77. The first-order chi connectivity index (χ1) is 7.68. The van der Waals surface area contributed by atoms with Crippen LogP contribution in [-0.2, 0) is 5.41 Å². The smallest absolute Gasteiger partial charge is 0.122 e. The molecule has 1 atom stereocenters. The first kappa shape index (κ1) is 10.3. The minimum absolute atomic E-state index is 0.0708. The lowest BCUT2D eigenvalue weighted by atomic mass is 9.76. The van der Waals surface area contributed by atoms with Crippen molar-refractivity contribution in [3.8, 4) is 11.8 Å². The van der Waals surface area contributed by atoms with Gasteiger partial charge in [-0.2, -0.15) is 5.26 Å². The van der Waals surface area contributed by atoms with Crippen molar-refractivity contribution in [1.82, 2.24) is 0 Å². The van der Waals surface area contributed by atoms with Gasteiger partial charge in [-0.05, 0) is 12.5 Å². The van der Waals surface area contributed by atoms with E-state index in [0.717, 1.165) is 0 Å². The molecule has 0 radical (unpaired) electrons. The van der Waals surface area contributed by atoms with Gasteiger partial charge in [-0.25, -0.2) is 0 Å². The van der Waals surface area contributed by atoms with Gasteiger partial charge < -0.3 is 10.8 Å². The summed E-state index contributed by atoms with van der Waals surface area (Å²) in [7, 11) is 0. The summed E-state index contributed by atoms with van der Waals surface area (Å²) in [5.74, 6) is 0.0708. The van der Waals surface area contributed by atoms with Crippen LogP contribution in [0.4, 0.5) is 5.69 Å². The fourth-order valence-electron chi connectivity index (χ4n) is 1.89. The summed E-state index contributed by atoms with van der Waals surface area (Å²) < 4.78 is 0. The van der Waals surface area contributed by atoms with Crippen LogP contribution >= 0.6 is 0 Å². The average Bonchev–Trinajstić information content (AvgIpc) is 2.30. The summed E-state index contributed by atoms with van der Waals surface area (Å²) in [6.07, 6.45) is 8.00. The second kappa shape index (κ2) is 3.74. The number of nitrogen functional groups attached to an aromatic ring is 1. The third kappa shape index (κ3) is 1.55. The van der Waals surface area contributed by atoms with Gasteiger partial charge in [0.15, 0.2) is 0 Å². The normalized spacial score (nSPS) is 22.9. The van der Waals surface area contributed by atoms with Crippen LogP contribution in [0.3, 0.4) is 0 Å². The molecule has 2 rings (SSSR count). The van der Waals surface area contributed by atoms with Crippen molar-refractivity contribution in [3.05, 3.63) is 48.1 Å². The Labute approximate surface area is 94.1 Å². The third-order valence-electron chi connectivity index (χ3n) is 2.77. The van der Waals surface area contributed by atoms with E-state index in [2.05, 4.69) is 6.07 Å². The Kier molecular flexibility index (Phi) is 2.41. The summed E-state index contributed by atoms with van der Waals surface area (Å²) in [4.78, 5) is 0. The number of hydrogen-bond acceptors (Lipinski definition) is 3. The number of phenolic OH excluding ortho intramolecular Hbond substituents is 1. The van der Waals surface area contributed by atoms with Gasteiger partial charge in [-0.1, -0.05) is 30.4 Å². The van der Waals surface area contributed by atoms with Crippen molar-refractivity contribution in [3.63, 3.8) is 0 Å². The van der Waals surface area contributed by atoms with Crippen LogP contribution in [0.5, 0.6) is 5.75 Å². The molecule has 3 N–H and O–H groups in total. The molecule has 16 heavy (non-hydrogen) atoms. The van der Waals surface area contributed by atoms with Crippen LogP contribution < -0.4 is 5.73 Å². The molecule has 0 saturated heterocycles. The van der Waals surface area contributed by atoms with Crippen LogP contribution in [0.1, 0.15) is 12.0 Å². The zero-order chi connectivity index (χ0) is 11.6.